The summed E-state index contributed by atoms with van der Waals surface area (Å²) < 4.78 is 7.01. The zero-order chi connectivity index (χ0) is 13.8. The fraction of sp³-hybridized carbons (Fsp3) is 0.200. The topological polar surface area (TPSA) is 9.23 Å². The zero-order valence-corrected chi connectivity index (χ0v) is 14.3. The molecule has 0 bridgehead atoms. The first kappa shape index (κ1) is 14.9. The van der Waals surface area contributed by atoms with Crippen molar-refractivity contribution in [2.75, 3.05) is 0 Å². The van der Waals surface area contributed by atoms with Gasteiger partial charge in [-0.05, 0) is 30.7 Å². The number of aryl methyl sites for hydroxylation is 1. The maximum absolute atomic E-state index is 6.13. The number of alkyl halides is 1. The molecule has 0 N–H and O–H groups in total. The van der Waals surface area contributed by atoms with Gasteiger partial charge in [0.15, 0.2) is 0 Å². The Morgan fingerprint density at radius 3 is 2.58 bits per heavy atom. The Morgan fingerprint density at radius 1 is 1.16 bits per heavy atom. The Balaban J connectivity index is 2.22. The predicted molar refractivity (Wildman–Crippen MR) is 87.3 cm³/mol. The Labute approximate surface area is 135 Å². The van der Waals surface area contributed by atoms with Crippen LogP contribution in [0.4, 0.5) is 0 Å². The van der Waals surface area contributed by atoms with E-state index in [-0.39, 0.29) is 0 Å². The lowest BCUT2D eigenvalue weighted by Gasteiger charge is -2.14. The molecule has 0 atom stereocenters. The van der Waals surface area contributed by atoms with Crippen molar-refractivity contribution in [3.05, 3.63) is 62.6 Å². The van der Waals surface area contributed by atoms with Gasteiger partial charge in [-0.3, -0.25) is 0 Å². The fourth-order valence-electron chi connectivity index (χ4n) is 1.87. The molecule has 0 aliphatic rings. The van der Waals surface area contributed by atoms with E-state index in [1.54, 1.807) is 0 Å². The third kappa shape index (κ3) is 3.74. The molecule has 0 aliphatic heterocycles. The van der Waals surface area contributed by atoms with E-state index >= 15 is 0 Å². The molecule has 100 valence electrons. The molecule has 0 saturated heterocycles. The molecule has 0 spiro atoms. The monoisotopic (exact) mass is 402 g/mol. The van der Waals surface area contributed by atoms with Gasteiger partial charge in [-0.15, -0.1) is 0 Å². The highest BCUT2D eigenvalue weighted by Crippen LogP contribution is 2.30. The maximum atomic E-state index is 6.13. The number of benzene rings is 2. The van der Waals surface area contributed by atoms with Crippen molar-refractivity contribution in [2.45, 2.75) is 18.9 Å². The van der Waals surface area contributed by atoms with Crippen molar-refractivity contribution in [2.24, 2.45) is 0 Å². The van der Waals surface area contributed by atoms with Gasteiger partial charge in [-0.25, -0.2) is 0 Å². The summed E-state index contributed by atoms with van der Waals surface area (Å²) in [4.78, 5) is 0. The predicted octanol–water partition coefficient (Wildman–Crippen LogP) is 5.88. The first-order valence-electron chi connectivity index (χ1n) is 5.83. The third-order valence-corrected chi connectivity index (χ3v) is 4.22. The van der Waals surface area contributed by atoms with Crippen molar-refractivity contribution in [1.29, 1.82) is 0 Å². The summed E-state index contributed by atoms with van der Waals surface area (Å²) in [6, 6.07) is 11.8. The zero-order valence-electron chi connectivity index (χ0n) is 10.4. The summed E-state index contributed by atoms with van der Waals surface area (Å²) >= 11 is 13.1. The number of rotatable bonds is 4. The van der Waals surface area contributed by atoms with Crippen LogP contribution < -0.4 is 4.74 Å². The first-order chi connectivity index (χ1) is 9.11. The van der Waals surface area contributed by atoms with Crippen LogP contribution in [0.1, 0.15) is 16.7 Å². The van der Waals surface area contributed by atoms with Crippen LogP contribution in [0.3, 0.4) is 0 Å². The van der Waals surface area contributed by atoms with Crippen molar-refractivity contribution in [3.63, 3.8) is 0 Å². The van der Waals surface area contributed by atoms with Crippen LogP contribution in [-0.2, 0) is 11.9 Å². The second kappa shape index (κ2) is 6.78. The van der Waals surface area contributed by atoms with E-state index in [0.717, 1.165) is 37.3 Å². The Hall–Kier alpha value is -0.510. The van der Waals surface area contributed by atoms with Gasteiger partial charge >= 0.3 is 0 Å². The molecule has 0 heterocycles. The highest BCUT2D eigenvalue weighted by atomic mass is 79.9. The van der Waals surface area contributed by atoms with Crippen LogP contribution in [0.25, 0.3) is 0 Å². The largest absolute Gasteiger partial charge is 0.488 e. The van der Waals surface area contributed by atoms with Crippen LogP contribution in [-0.4, -0.2) is 0 Å². The molecule has 4 heteroatoms. The van der Waals surface area contributed by atoms with Crippen LogP contribution in [0.15, 0.2) is 40.9 Å². The number of hydrogen-bond donors (Lipinski definition) is 0. The van der Waals surface area contributed by atoms with E-state index in [2.05, 4.69) is 37.9 Å². The van der Waals surface area contributed by atoms with Gasteiger partial charge < -0.3 is 4.74 Å². The third-order valence-electron chi connectivity index (χ3n) is 2.79. The second-order valence-corrected chi connectivity index (χ2v) is 6.11. The van der Waals surface area contributed by atoms with Crippen molar-refractivity contribution in [1.82, 2.24) is 0 Å². The van der Waals surface area contributed by atoms with Crippen molar-refractivity contribution < 1.29 is 4.74 Å². The van der Waals surface area contributed by atoms with E-state index in [4.69, 9.17) is 16.3 Å². The molecule has 2 rings (SSSR count). The van der Waals surface area contributed by atoms with E-state index in [1.807, 2.05) is 37.3 Å². The van der Waals surface area contributed by atoms with Gasteiger partial charge in [0.1, 0.15) is 12.4 Å². The first-order valence-corrected chi connectivity index (χ1v) is 8.12. The highest BCUT2D eigenvalue weighted by molar-refractivity contribution is 9.10. The highest BCUT2D eigenvalue weighted by Gasteiger charge is 2.09. The average molecular weight is 405 g/mol. The quantitative estimate of drug-likeness (QED) is 0.578. The number of ether oxygens (including phenoxy) is 1. The molecule has 2 aromatic carbocycles. The summed E-state index contributed by atoms with van der Waals surface area (Å²) in [6.45, 7) is 2.51. The van der Waals surface area contributed by atoms with Gasteiger partial charge in [-0.1, -0.05) is 61.7 Å². The van der Waals surface area contributed by atoms with E-state index in [0.29, 0.717) is 6.61 Å². The van der Waals surface area contributed by atoms with Gasteiger partial charge in [0.2, 0.25) is 0 Å². The molecule has 2 aromatic rings. The minimum Gasteiger partial charge on any atom is -0.488 e. The molecule has 1 nitrogen and oxygen atoms in total. The van der Waals surface area contributed by atoms with Gasteiger partial charge in [0.05, 0.1) is 0 Å². The molecule has 19 heavy (non-hydrogen) atoms. The molecule has 0 saturated carbocycles. The summed E-state index contributed by atoms with van der Waals surface area (Å²) in [7, 11) is 0. The Bertz CT molecular complexity index is 584. The smallest absolute Gasteiger partial charge is 0.126 e. The number of hydrogen-bond acceptors (Lipinski definition) is 1. The normalized spacial score (nSPS) is 10.5. The van der Waals surface area contributed by atoms with Crippen LogP contribution in [0, 0.1) is 6.92 Å². The Morgan fingerprint density at radius 2 is 1.89 bits per heavy atom. The second-order valence-electron chi connectivity index (χ2n) is 4.22. The molecule has 0 unspecified atom stereocenters. The lowest BCUT2D eigenvalue weighted by Crippen LogP contribution is -2.00. The SMILES string of the molecule is Cc1cc(Br)cc(CBr)c1OCc1ccccc1Cl. The molecular formula is C15H13Br2ClO. The minimum absolute atomic E-state index is 0.474. The van der Waals surface area contributed by atoms with E-state index < -0.39 is 0 Å². The minimum atomic E-state index is 0.474. The van der Waals surface area contributed by atoms with Crippen molar-refractivity contribution in [3.8, 4) is 5.75 Å². The fourth-order valence-corrected chi connectivity index (χ4v) is 3.10. The maximum Gasteiger partial charge on any atom is 0.126 e. The molecule has 0 aliphatic carbocycles. The average Bonchev–Trinajstić information content (AvgIpc) is 2.38. The molecule has 0 radical (unpaired) electrons. The summed E-state index contributed by atoms with van der Waals surface area (Å²) in [5, 5.41) is 1.49. The summed E-state index contributed by atoms with van der Waals surface area (Å²) in [6.07, 6.45) is 0. The standard InChI is InChI=1S/C15H13Br2ClO/c1-10-6-13(17)7-12(8-16)15(10)19-9-11-4-2-3-5-14(11)18/h2-7H,8-9H2,1H3. The molecule has 0 fully saturated rings. The van der Waals surface area contributed by atoms with Gasteiger partial charge in [0, 0.05) is 26.0 Å². The van der Waals surface area contributed by atoms with Gasteiger partial charge in [0.25, 0.3) is 0 Å². The summed E-state index contributed by atoms with van der Waals surface area (Å²) in [5.41, 5.74) is 3.22. The van der Waals surface area contributed by atoms with Crippen LogP contribution in [0.2, 0.25) is 5.02 Å². The molecular weight excluding hydrogens is 391 g/mol. The van der Waals surface area contributed by atoms with Crippen molar-refractivity contribution >= 4 is 43.5 Å². The van der Waals surface area contributed by atoms with E-state index in [1.165, 1.54) is 0 Å². The number of halogens is 3. The molecule has 0 aromatic heterocycles. The lowest BCUT2D eigenvalue weighted by atomic mass is 10.1. The van der Waals surface area contributed by atoms with Crippen LogP contribution >= 0.6 is 43.5 Å². The summed E-state index contributed by atoms with van der Waals surface area (Å²) in [5.74, 6) is 0.917. The molecule has 0 amide bonds. The Kier molecular flexibility index (Phi) is 5.31. The van der Waals surface area contributed by atoms with E-state index in [9.17, 15) is 0 Å². The lowest BCUT2D eigenvalue weighted by molar-refractivity contribution is 0.302. The van der Waals surface area contributed by atoms with Crippen LogP contribution in [0.5, 0.6) is 5.75 Å². The van der Waals surface area contributed by atoms with Gasteiger partial charge in [-0.2, -0.15) is 0 Å².